The van der Waals surface area contributed by atoms with Gasteiger partial charge in [-0.2, -0.15) is 0 Å². The van der Waals surface area contributed by atoms with Crippen molar-refractivity contribution >= 4 is 52.6 Å². The molecule has 0 atom stereocenters. The zero-order valence-corrected chi connectivity index (χ0v) is 25.1. The normalized spacial score (nSPS) is 10.9. The lowest BCUT2D eigenvalue weighted by molar-refractivity contribution is -0.114. The highest BCUT2D eigenvalue weighted by Gasteiger charge is 2.15. The number of carbonyl (C=O) groups is 3. The first kappa shape index (κ1) is 30.9. The highest BCUT2D eigenvalue weighted by Crippen LogP contribution is 2.25. The molecule has 0 aliphatic carbocycles. The van der Waals surface area contributed by atoms with Crippen molar-refractivity contribution in [2.24, 2.45) is 0 Å². The molecule has 0 aromatic heterocycles. The van der Waals surface area contributed by atoms with E-state index in [2.05, 4.69) is 16.0 Å². The molecule has 0 fully saturated rings. The van der Waals surface area contributed by atoms with Crippen molar-refractivity contribution in [2.75, 3.05) is 42.0 Å². The molecule has 0 unspecified atom stereocenters. The van der Waals surface area contributed by atoms with Gasteiger partial charge in [0.05, 0.1) is 18.0 Å². The Bertz CT molecular complexity index is 1570. The van der Waals surface area contributed by atoms with Crippen LogP contribution in [0.5, 0.6) is 5.75 Å². The minimum atomic E-state index is -0.464. The van der Waals surface area contributed by atoms with Gasteiger partial charge in [-0.25, -0.2) is 0 Å². The molecule has 4 aromatic rings. The Morgan fingerprint density at radius 2 is 1.49 bits per heavy atom. The molecular formula is C34H34N4O4S. The molecule has 3 N–H and O–H groups in total. The van der Waals surface area contributed by atoms with Crippen molar-refractivity contribution in [3.8, 4) is 5.75 Å². The number of nitrogens with zero attached hydrogens (tertiary/aromatic N) is 1. The summed E-state index contributed by atoms with van der Waals surface area (Å²) in [4.78, 5) is 41.6. The first-order chi connectivity index (χ1) is 20.8. The van der Waals surface area contributed by atoms with E-state index in [1.165, 1.54) is 11.8 Å². The summed E-state index contributed by atoms with van der Waals surface area (Å²) < 4.78 is 5.57. The molecule has 9 heteroatoms. The fourth-order valence-corrected chi connectivity index (χ4v) is 4.70. The minimum Gasteiger partial charge on any atom is -0.492 e. The van der Waals surface area contributed by atoms with Crippen LogP contribution in [0.2, 0.25) is 0 Å². The topological polar surface area (TPSA) is 99.8 Å². The number of nitrogens with one attached hydrogen (secondary N) is 3. The minimum absolute atomic E-state index is 0.105. The third kappa shape index (κ3) is 9.24. The summed E-state index contributed by atoms with van der Waals surface area (Å²) in [6.07, 6.45) is 1.64. The second-order valence-electron chi connectivity index (χ2n) is 9.61. The van der Waals surface area contributed by atoms with E-state index in [0.717, 1.165) is 16.1 Å². The second kappa shape index (κ2) is 15.3. The Hall–Kier alpha value is -5.02. The monoisotopic (exact) mass is 594 g/mol. The van der Waals surface area contributed by atoms with Gasteiger partial charge >= 0.3 is 0 Å². The summed E-state index contributed by atoms with van der Waals surface area (Å²) in [6, 6.07) is 30.8. The highest BCUT2D eigenvalue weighted by molar-refractivity contribution is 8.00. The zero-order chi connectivity index (χ0) is 30.6. The first-order valence-electron chi connectivity index (χ1n) is 13.7. The van der Waals surface area contributed by atoms with Crippen LogP contribution in [-0.2, 0) is 9.59 Å². The van der Waals surface area contributed by atoms with Gasteiger partial charge in [0.2, 0.25) is 5.91 Å². The first-order valence-corrected chi connectivity index (χ1v) is 14.7. The third-order valence-corrected chi connectivity index (χ3v) is 7.20. The quantitative estimate of drug-likeness (QED) is 0.132. The summed E-state index contributed by atoms with van der Waals surface area (Å²) in [6.45, 7) is 2.40. The average Bonchev–Trinajstić information content (AvgIpc) is 3.02. The molecule has 4 aromatic carbocycles. The zero-order valence-electron chi connectivity index (χ0n) is 24.3. The predicted molar refractivity (Wildman–Crippen MR) is 175 cm³/mol. The van der Waals surface area contributed by atoms with E-state index >= 15 is 0 Å². The van der Waals surface area contributed by atoms with E-state index in [9.17, 15) is 14.4 Å². The van der Waals surface area contributed by atoms with Crippen LogP contribution >= 0.6 is 11.8 Å². The van der Waals surface area contributed by atoms with Crippen molar-refractivity contribution in [1.29, 1.82) is 0 Å². The van der Waals surface area contributed by atoms with Crippen LogP contribution in [-0.4, -0.2) is 44.2 Å². The predicted octanol–water partition coefficient (Wildman–Crippen LogP) is 6.29. The number of ether oxygens (including phenoxy) is 1. The summed E-state index contributed by atoms with van der Waals surface area (Å²) in [5.74, 6) is -0.175. The lowest BCUT2D eigenvalue weighted by Crippen LogP contribution is -2.30. The lowest BCUT2D eigenvalue weighted by Gasteiger charge is -2.13. The molecule has 3 amide bonds. The van der Waals surface area contributed by atoms with E-state index in [0.29, 0.717) is 29.3 Å². The summed E-state index contributed by atoms with van der Waals surface area (Å²) in [5, 5.41) is 8.50. The van der Waals surface area contributed by atoms with Crippen LogP contribution < -0.4 is 25.6 Å². The largest absolute Gasteiger partial charge is 0.492 e. The number of rotatable bonds is 12. The molecule has 0 spiro atoms. The molecule has 0 bridgehead atoms. The van der Waals surface area contributed by atoms with Crippen molar-refractivity contribution < 1.29 is 19.1 Å². The van der Waals surface area contributed by atoms with Gasteiger partial charge in [0.1, 0.15) is 11.4 Å². The summed E-state index contributed by atoms with van der Waals surface area (Å²) >= 11 is 1.37. The molecule has 0 heterocycles. The van der Waals surface area contributed by atoms with Gasteiger partial charge < -0.3 is 25.6 Å². The maximum absolute atomic E-state index is 13.3. The number of benzene rings is 4. The Kier molecular flexibility index (Phi) is 11.0. The van der Waals surface area contributed by atoms with Crippen molar-refractivity contribution in [1.82, 2.24) is 5.32 Å². The fraction of sp³-hybridized carbons (Fsp3) is 0.147. The van der Waals surface area contributed by atoms with Crippen LogP contribution in [0.1, 0.15) is 22.8 Å². The van der Waals surface area contributed by atoms with Gasteiger partial charge in [0.25, 0.3) is 11.8 Å². The number of amides is 3. The SMILES string of the molecule is CCOc1ccccc1NC(=O)CSc1ccc(NC(=O)/C(=C/c2ccc(N(C)C)cc2)NC(=O)c2ccccc2)cc1. The Balaban J connectivity index is 1.41. The van der Waals surface area contributed by atoms with E-state index in [1.807, 2.05) is 86.6 Å². The second-order valence-corrected chi connectivity index (χ2v) is 10.7. The maximum atomic E-state index is 13.3. The molecule has 0 radical (unpaired) electrons. The molecule has 0 aliphatic rings. The van der Waals surface area contributed by atoms with Gasteiger partial charge in [0, 0.05) is 35.9 Å². The van der Waals surface area contributed by atoms with Crippen molar-refractivity contribution in [2.45, 2.75) is 11.8 Å². The number of thioether (sulfide) groups is 1. The number of hydrogen-bond donors (Lipinski definition) is 3. The highest BCUT2D eigenvalue weighted by atomic mass is 32.2. The third-order valence-electron chi connectivity index (χ3n) is 6.19. The molecule has 8 nitrogen and oxygen atoms in total. The van der Waals surface area contributed by atoms with Crippen molar-refractivity contribution in [3.05, 3.63) is 120 Å². The van der Waals surface area contributed by atoms with Gasteiger partial charge in [0.15, 0.2) is 0 Å². The van der Waals surface area contributed by atoms with Crippen LogP contribution in [0.3, 0.4) is 0 Å². The van der Waals surface area contributed by atoms with E-state index in [1.54, 1.807) is 48.5 Å². The number of para-hydroxylation sites is 2. The maximum Gasteiger partial charge on any atom is 0.272 e. The lowest BCUT2D eigenvalue weighted by atomic mass is 10.1. The molecule has 0 aliphatic heterocycles. The molecule has 220 valence electrons. The van der Waals surface area contributed by atoms with Crippen LogP contribution in [0.4, 0.5) is 17.1 Å². The standard InChI is InChI=1S/C34H34N4O4S/c1-4-42-31-13-9-8-12-29(31)36-32(39)23-43-28-20-16-26(17-21-28)35-34(41)30(37-33(40)25-10-6-5-7-11-25)22-24-14-18-27(19-15-24)38(2)3/h5-22H,4,23H2,1-3H3,(H,35,41)(H,36,39)(H,37,40)/b30-22-. The average molecular weight is 595 g/mol. The summed E-state index contributed by atoms with van der Waals surface area (Å²) in [5.41, 5.74) is 3.50. The van der Waals surface area contributed by atoms with Crippen LogP contribution in [0.25, 0.3) is 6.08 Å². The fourth-order valence-electron chi connectivity index (χ4n) is 4.00. The number of anilines is 3. The Morgan fingerprint density at radius 3 is 2.16 bits per heavy atom. The van der Waals surface area contributed by atoms with Gasteiger partial charge in [-0.05, 0) is 79.2 Å². The van der Waals surface area contributed by atoms with Gasteiger partial charge in [-0.3, -0.25) is 14.4 Å². The van der Waals surface area contributed by atoms with Crippen LogP contribution in [0.15, 0.2) is 114 Å². The number of carbonyl (C=O) groups excluding carboxylic acids is 3. The smallest absolute Gasteiger partial charge is 0.272 e. The Morgan fingerprint density at radius 1 is 0.814 bits per heavy atom. The van der Waals surface area contributed by atoms with E-state index < -0.39 is 5.91 Å². The molecule has 0 saturated carbocycles. The van der Waals surface area contributed by atoms with Crippen molar-refractivity contribution in [3.63, 3.8) is 0 Å². The van der Waals surface area contributed by atoms with Gasteiger partial charge in [-0.1, -0.05) is 42.5 Å². The molecular weight excluding hydrogens is 560 g/mol. The van der Waals surface area contributed by atoms with Gasteiger partial charge in [-0.15, -0.1) is 11.8 Å². The summed E-state index contributed by atoms with van der Waals surface area (Å²) in [7, 11) is 3.90. The Labute approximate surface area is 256 Å². The van der Waals surface area contributed by atoms with E-state index in [4.69, 9.17) is 4.74 Å². The van der Waals surface area contributed by atoms with E-state index in [-0.39, 0.29) is 23.3 Å². The number of hydrogen-bond acceptors (Lipinski definition) is 6. The molecule has 0 saturated heterocycles. The van der Waals surface area contributed by atoms with Crippen LogP contribution in [0, 0.1) is 0 Å². The molecule has 43 heavy (non-hydrogen) atoms. The molecule has 4 rings (SSSR count).